The normalized spacial score (nSPS) is 19.2. The second-order valence-corrected chi connectivity index (χ2v) is 3.55. The summed E-state index contributed by atoms with van der Waals surface area (Å²) in [4.78, 5) is 22.6. The number of rotatable bonds is 4. The van der Waals surface area contributed by atoms with E-state index in [0.29, 0.717) is 0 Å². The highest BCUT2D eigenvalue weighted by atomic mass is 16.5. The molecule has 0 aliphatic carbocycles. The Morgan fingerprint density at radius 2 is 2.25 bits per heavy atom. The molecule has 5 heteroatoms. The van der Waals surface area contributed by atoms with Gasteiger partial charge in [0.25, 0.3) is 5.91 Å². The summed E-state index contributed by atoms with van der Waals surface area (Å²) in [5.74, 6) is -1.42. The van der Waals surface area contributed by atoms with Crippen LogP contribution in [0.4, 0.5) is 0 Å². The highest BCUT2D eigenvalue weighted by molar-refractivity contribution is 6.01. The fourth-order valence-electron chi connectivity index (χ4n) is 1.41. The van der Waals surface area contributed by atoms with Crippen molar-refractivity contribution in [2.45, 2.75) is 26.4 Å². The molecule has 88 valence electrons. The molecule has 16 heavy (non-hydrogen) atoms. The van der Waals surface area contributed by atoms with Crippen LogP contribution >= 0.6 is 0 Å². The molecule has 5 nitrogen and oxygen atoms in total. The average Bonchev–Trinajstić information content (AvgIpc) is 2.62. The number of carbonyl (C=O) groups excluding carboxylic acids is 2. The molecule has 0 saturated carbocycles. The first-order chi connectivity index (χ1) is 7.47. The summed E-state index contributed by atoms with van der Waals surface area (Å²) < 4.78 is 10.1. The first-order valence-corrected chi connectivity index (χ1v) is 4.99. The van der Waals surface area contributed by atoms with Gasteiger partial charge < -0.3 is 15.2 Å². The Balaban J connectivity index is 2.92. The molecule has 1 heterocycles. The van der Waals surface area contributed by atoms with Gasteiger partial charge in [-0.1, -0.05) is 6.58 Å². The number of nitrogens with two attached hydrogens (primary N) is 1. The van der Waals surface area contributed by atoms with E-state index in [2.05, 4.69) is 6.58 Å². The summed E-state index contributed by atoms with van der Waals surface area (Å²) in [6.45, 7) is 7.41. The minimum atomic E-state index is -0.758. The Bertz CT molecular complexity index is 370. The summed E-state index contributed by atoms with van der Waals surface area (Å²) in [5.41, 5.74) is 6.06. The van der Waals surface area contributed by atoms with Crippen LogP contribution in [-0.2, 0) is 19.1 Å². The fraction of sp³-hybridized carbons (Fsp3) is 0.455. The number of carbonyl (C=O) groups is 2. The standard InChI is InChI=1S/C11H15NO4/c1-4-15-11(14)7-5-8(6(2)3)16-9(7)10(12)13/h8H,2,4-5H2,1,3H3,(H2,12,13). The van der Waals surface area contributed by atoms with Gasteiger partial charge in [0.05, 0.1) is 12.2 Å². The van der Waals surface area contributed by atoms with E-state index in [1.54, 1.807) is 13.8 Å². The van der Waals surface area contributed by atoms with Gasteiger partial charge in [-0.25, -0.2) is 4.79 Å². The van der Waals surface area contributed by atoms with Crippen molar-refractivity contribution >= 4 is 11.9 Å². The van der Waals surface area contributed by atoms with Crippen LogP contribution in [0.5, 0.6) is 0 Å². The molecule has 0 saturated heterocycles. The molecule has 0 radical (unpaired) electrons. The maximum absolute atomic E-state index is 11.5. The van der Waals surface area contributed by atoms with E-state index >= 15 is 0 Å². The van der Waals surface area contributed by atoms with Crippen LogP contribution in [0.3, 0.4) is 0 Å². The highest BCUT2D eigenvalue weighted by Crippen LogP contribution is 2.29. The Kier molecular flexibility index (Phi) is 3.71. The summed E-state index contributed by atoms with van der Waals surface area (Å²) in [6.07, 6.45) is -0.0891. The molecule has 1 atom stereocenters. The van der Waals surface area contributed by atoms with E-state index < -0.39 is 11.9 Å². The van der Waals surface area contributed by atoms with E-state index in [0.717, 1.165) is 5.57 Å². The predicted molar refractivity (Wildman–Crippen MR) is 57.2 cm³/mol. The SMILES string of the molecule is C=C(C)C1CC(C(=O)OCC)=C(C(N)=O)O1. The van der Waals surface area contributed by atoms with Gasteiger partial charge in [-0.15, -0.1) is 0 Å². The monoisotopic (exact) mass is 225 g/mol. The lowest BCUT2D eigenvalue weighted by Gasteiger charge is -2.10. The van der Waals surface area contributed by atoms with E-state index in [9.17, 15) is 9.59 Å². The van der Waals surface area contributed by atoms with Crippen LogP contribution in [-0.4, -0.2) is 24.6 Å². The number of hydrogen-bond acceptors (Lipinski definition) is 4. The lowest BCUT2D eigenvalue weighted by atomic mass is 10.1. The van der Waals surface area contributed by atoms with Crippen molar-refractivity contribution in [2.24, 2.45) is 5.73 Å². The van der Waals surface area contributed by atoms with Crippen LogP contribution < -0.4 is 5.73 Å². The third kappa shape index (κ3) is 2.42. The molecule has 2 N–H and O–H groups in total. The summed E-state index contributed by atoms with van der Waals surface area (Å²) in [7, 11) is 0. The molecule has 1 unspecified atom stereocenters. The zero-order valence-electron chi connectivity index (χ0n) is 9.41. The van der Waals surface area contributed by atoms with Crippen molar-refractivity contribution in [1.82, 2.24) is 0 Å². The summed E-state index contributed by atoms with van der Waals surface area (Å²) in [5, 5.41) is 0. The van der Waals surface area contributed by atoms with E-state index in [1.165, 1.54) is 0 Å². The number of primary amides is 1. The van der Waals surface area contributed by atoms with Gasteiger partial charge in [0.2, 0.25) is 0 Å². The lowest BCUT2D eigenvalue weighted by molar-refractivity contribution is -0.139. The Hall–Kier alpha value is -1.78. The van der Waals surface area contributed by atoms with Crippen molar-refractivity contribution in [3.8, 4) is 0 Å². The zero-order valence-corrected chi connectivity index (χ0v) is 9.41. The van der Waals surface area contributed by atoms with Crippen LogP contribution in [0.2, 0.25) is 0 Å². The minimum absolute atomic E-state index is 0.105. The Morgan fingerprint density at radius 3 is 2.69 bits per heavy atom. The van der Waals surface area contributed by atoms with Crippen molar-refractivity contribution in [1.29, 1.82) is 0 Å². The van der Waals surface area contributed by atoms with Gasteiger partial charge in [0, 0.05) is 6.42 Å². The van der Waals surface area contributed by atoms with Gasteiger partial charge in [-0.3, -0.25) is 4.79 Å². The maximum Gasteiger partial charge on any atom is 0.338 e. The minimum Gasteiger partial charge on any atom is -0.479 e. The van der Waals surface area contributed by atoms with E-state index in [4.69, 9.17) is 15.2 Å². The lowest BCUT2D eigenvalue weighted by Crippen LogP contribution is -2.18. The number of amides is 1. The van der Waals surface area contributed by atoms with Gasteiger partial charge >= 0.3 is 5.97 Å². The van der Waals surface area contributed by atoms with Crippen molar-refractivity contribution in [3.63, 3.8) is 0 Å². The van der Waals surface area contributed by atoms with Crippen LogP contribution in [0.25, 0.3) is 0 Å². The first kappa shape index (κ1) is 12.3. The third-order valence-corrected chi connectivity index (χ3v) is 2.22. The topological polar surface area (TPSA) is 78.6 Å². The second kappa shape index (κ2) is 4.83. The first-order valence-electron chi connectivity index (χ1n) is 4.99. The van der Waals surface area contributed by atoms with Crippen molar-refractivity contribution < 1.29 is 19.1 Å². The molecule has 0 spiro atoms. The quantitative estimate of drug-likeness (QED) is 0.563. The fourth-order valence-corrected chi connectivity index (χ4v) is 1.41. The second-order valence-electron chi connectivity index (χ2n) is 3.55. The molecular formula is C11H15NO4. The molecule has 0 aromatic carbocycles. The molecule has 1 aliphatic rings. The van der Waals surface area contributed by atoms with Crippen LogP contribution in [0.15, 0.2) is 23.5 Å². The van der Waals surface area contributed by atoms with E-state index in [-0.39, 0.29) is 30.5 Å². The van der Waals surface area contributed by atoms with Crippen molar-refractivity contribution in [3.05, 3.63) is 23.5 Å². The number of hydrogen-bond donors (Lipinski definition) is 1. The molecule has 1 aliphatic heterocycles. The third-order valence-electron chi connectivity index (χ3n) is 2.22. The Labute approximate surface area is 93.9 Å². The molecule has 0 fully saturated rings. The van der Waals surface area contributed by atoms with Crippen LogP contribution in [0, 0.1) is 0 Å². The number of ether oxygens (including phenoxy) is 2. The molecule has 0 bridgehead atoms. The van der Waals surface area contributed by atoms with Gasteiger partial charge in [0.1, 0.15) is 6.10 Å². The predicted octanol–water partition coefficient (Wildman–Crippen LogP) is 0.654. The smallest absolute Gasteiger partial charge is 0.338 e. The van der Waals surface area contributed by atoms with Crippen molar-refractivity contribution in [2.75, 3.05) is 6.61 Å². The molecule has 1 rings (SSSR count). The molecule has 0 aromatic heterocycles. The summed E-state index contributed by atoms with van der Waals surface area (Å²) >= 11 is 0. The zero-order chi connectivity index (χ0) is 12.3. The highest BCUT2D eigenvalue weighted by Gasteiger charge is 2.34. The van der Waals surface area contributed by atoms with Gasteiger partial charge in [-0.05, 0) is 19.4 Å². The maximum atomic E-state index is 11.5. The number of esters is 1. The van der Waals surface area contributed by atoms with E-state index in [1.807, 2.05) is 0 Å². The molecule has 0 aromatic rings. The van der Waals surface area contributed by atoms with Gasteiger partial charge in [0.15, 0.2) is 5.76 Å². The van der Waals surface area contributed by atoms with Gasteiger partial charge in [-0.2, -0.15) is 0 Å². The summed E-state index contributed by atoms with van der Waals surface area (Å²) in [6, 6.07) is 0. The van der Waals surface area contributed by atoms with Crippen LogP contribution in [0.1, 0.15) is 20.3 Å². The average molecular weight is 225 g/mol. The molecular weight excluding hydrogens is 210 g/mol. The Morgan fingerprint density at radius 1 is 1.62 bits per heavy atom. The molecule has 1 amide bonds. The largest absolute Gasteiger partial charge is 0.479 e.